The van der Waals surface area contributed by atoms with Gasteiger partial charge in [0, 0.05) is 4.83 Å². The Morgan fingerprint density at radius 1 is 1.40 bits per heavy atom. The zero-order valence-corrected chi connectivity index (χ0v) is 11.0. The van der Waals surface area contributed by atoms with Gasteiger partial charge in [-0.05, 0) is 55.9 Å². The number of benzene rings is 1. The summed E-state index contributed by atoms with van der Waals surface area (Å²) in [6.07, 6.45) is 4.57. The fourth-order valence-electron chi connectivity index (χ4n) is 1.66. The molecule has 1 unspecified atom stereocenters. The van der Waals surface area contributed by atoms with Crippen LogP contribution >= 0.6 is 15.9 Å². The van der Waals surface area contributed by atoms with Crippen molar-refractivity contribution >= 4 is 15.9 Å². The standard InChI is InChI=1S/C13H18BrF/c1-3-12(14)6-4-5-11-7-8-13(15)9-10(11)2/h7-9,12H,3-6H2,1-2H3. The first-order valence-corrected chi connectivity index (χ1v) is 6.44. The van der Waals surface area contributed by atoms with Gasteiger partial charge in [-0.2, -0.15) is 0 Å². The van der Waals surface area contributed by atoms with Crippen LogP contribution < -0.4 is 0 Å². The number of aryl methyl sites for hydroxylation is 2. The Morgan fingerprint density at radius 2 is 2.13 bits per heavy atom. The predicted octanol–water partition coefficient (Wildman–Crippen LogP) is 4.63. The first kappa shape index (κ1) is 12.7. The molecule has 2 heteroatoms. The molecule has 15 heavy (non-hydrogen) atoms. The summed E-state index contributed by atoms with van der Waals surface area (Å²) in [6.45, 7) is 4.16. The molecule has 84 valence electrons. The Kier molecular flexibility index (Phi) is 5.30. The van der Waals surface area contributed by atoms with Gasteiger partial charge in [0.05, 0.1) is 0 Å². The summed E-state index contributed by atoms with van der Waals surface area (Å²) < 4.78 is 12.8. The van der Waals surface area contributed by atoms with E-state index in [9.17, 15) is 4.39 Å². The van der Waals surface area contributed by atoms with Gasteiger partial charge in [0.15, 0.2) is 0 Å². The summed E-state index contributed by atoms with van der Waals surface area (Å²) in [4.78, 5) is 0.623. The minimum absolute atomic E-state index is 0.136. The van der Waals surface area contributed by atoms with E-state index in [1.54, 1.807) is 12.1 Å². The van der Waals surface area contributed by atoms with Crippen molar-refractivity contribution in [2.75, 3.05) is 0 Å². The van der Waals surface area contributed by atoms with E-state index in [4.69, 9.17) is 0 Å². The maximum absolute atomic E-state index is 12.8. The number of hydrogen-bond acceptors (Lipinski definition) is 0. The summed E-state index contributed by atoms with van der Waals surface area (Å²) in [6, 6.07) is 5.06. The van der Waals surface area contributed by atoms with Gasteiger partial charge in [-0.25, -0.2) is 4.39 Å². The van der Waals surface area contributed by atoms with Crippen LogP contribution in [0.3, 0.4) is 0 Å². The highest BCUT2D eigenvalue weighted by Crippen LogP contribution is 2.17. The highest BCUT2D eigenvalue weighted by atomic mass is 79.9. The zero-order valence-electron chi connectivity index (χ0n) is 9.39. The van der Waals surface area contributed by atoms with Crippen molar-refractivity contribution in [2.45, 2.75) is 44.4 Å². The molecule has 0 N–H and O–H groups in total. The quantitative estimate of drug-likeness (QED) is 0.686. The van der Waals surface area contributed by atoms with E-state index in [-0.39, 0.29) is 5.82 Å². The van der Waals surface area contributed by atoms with Gasteiger partial charge in [-0.1, -0.05) is 28.9 Å². The van der Waals surface area contributed by atoms with Crippen molar-refractivity contribution in [3.05, 3.63) is 35.1 Å². The van der Waals surface area contributed by atoms with Gasteiger partial charge >= 0.3 is 0 Å². The second-order valence-electron chi connectivity index (χ2n) is 3.97. The first-order chi connectivity index (χ1) is 7.13. The topological polar surface area (TPSA) is 0 Å². The van der Waals surface area contributed by atoms with Crippen molar-refractivity contribution in [3.8, 4) is 0 Å². The SMILES string of the molecule is CCC(Br)CCCc1ccc(F)cc1C. The molecule has 0 fully saturated rings. The Morgan fingerprint density at radius 3 is 2.73 bits per heavy atom. The Bertz CT molecular complexity index is 309. The fraction of sp³-hybridized carbons (Fsp3) is 0.538. The summed E-state index contributed by atoms with van der Waals surface area (Å²) in [5.74, 6) is -0.136. The van der Waals surface area contributed by atoms with Crippen molar-refractivity contribution in [2.24, 2.45) is 0 Å². The second-order valence-corrected chi connectivity index (χ2v) is 5.26. The molecule has 1 rings (SSSR count). The van der Waals surface area contributed by atoms with Crippen LogP contribution in [0.4, 0.5) is 4.39 Å². The molecule has 0 spiro atoms. The molecule has 0 aliphatic rings. The molecule has 0 radical (unpaired) electrons. The van der Waals surface area contributed by atoms with Gasteiger partial charge in [0.25, 0.3) is 0 Å². The maximum Gasteiger partial charge on any atom is 0.123 e. The normalized spacial score (nSPS) is 12.8. The highest BCUT2D eigenvalue weighted by Gasteiger charge is 2.03. The van der Waals surface area contributed by atoms with Crippen LogP contribution in [0.2, 0.25) is 0 Å². The second kappa shape index (κ2) is 6.26. The summed E-state index contributed by atoms with van der Waals surface area (Å²) in [5, 5.41) is 0. The summed E-state index contributed by atoms with van der Waals surface area (Å²) in [5.41, 5.74) is 2.34. The van der Waals surface area contributed by atoms with Crippen LogP contribution in [-0.2, 0) is 6.42 Å². The monoisotopic (exact) mass is 272 g/mol. The molecule has 1 atom stereocenters. The molecule has 1 aromatic rings. The minimum Gasteiger partial charge on any atom is -0.207 e. The molecule has 1 aromatic carbocycles. The van der Waals surface area contributed by atoms with E-state index in [1.165, 1.54) is 18.4 Å². The van der Waals surface area contributed by atoms with Gasteiger partial charge < -0.3 is 0 Å². The van der Waals surface area contributed by atoms with Crippen molar-refractivity contribution in [1.29, 1.82) is 0 Å². The smallest absolute Gasteiger partial charge is 0.123 e. The van der Waals surface area contributed by atoms with E-state index < -0.39 is 0 Å². The number of hydrogen-bond donors (Lipinski definition) is 0. The lowest BCUT2D eigenvalue weighted by atomic mass is 10.0. The Labute approximate surface area is 100 Å². The summed E-state index contributed by atoms with van der Waals surface area (Å²) >= 11 is 3.62. The molecule has 0 amide bonds. The van der Waals surface area contributed by atoms with Crippen LogP contribution in [0, 0.1) is 12.7 Å². The molecule has 0 bridgehead atoms. The third-order valence-corrected chi connectivity index (χ3v) is 3.82. The van der Waals surface area contributed by atoms with E-state index in [0.717, 1.165) is 18.4 Å². The first-order valence-electron chi connectivity index (χ1n) is 5.52. The number of halogens is 2. The number of rotatable bonds is 5. The molecule has 0 aliphatic heterocycles. The largest absolute Gasteiger partial charge is 0.207 e. The van der Waals surface area contributed by atoms with Crippen molar-refractivity contribution in [1.82, 2.24) is 0 Å². The molecule has 0 nitrogen and oxygen atoms in total. The lowest BCUT2D eigenvalue weighted by Gasteiger charge is -2.08. The molecule has 0 aromatic heterocycles. The third kappa shape index (κ3) is 4.33. The fourth-order valence-corrected chi connectivity index (χ4v) is 1.98. The van der Waals surface area contributed by atoms with E-state index in [0.29, 0.717) is 4.83 Å². The Balaban J connectivity index is 2.44. The van der Waals surface area contributed by atoms with Crippen LogP contribution in [0.1, 0.15) is 37.3 Å². The van der Waals surface area contributed by atoms with Crippen molar-refractivity contribution in [3.63, 3.8) is 0 Å². The molecule has 0 saturated heterocycles. The van der Waals surface area contributed by atoms with E-state index >= 15 is 0 Å². The van der Waals surface area contributed by atoms with E-state index in [1.807, 2.05) is 13.0 Å². The van der Waals surface area contributed by atoms with Crippen LogP contribution in [-0.4, -0.2) is 4.83 Å². The van der Waals surface area contributed by atoms with Gasteiger partial charge in [-0.3, -0.25) is 0 Å². The van der Waals surface area contributed by atoms with Gasteiger partial charge in [-0.15, -0.1) is 0 Å². The molecule has 0 saturated carbocycles. The molecular weight excluding hydrogens is 255 g/mol. The average molecular weight is 273 g/mol. The number of alkyl halides is 1. The maximum atomic E-state index is 12.8. The predicted molar refractivity (Wildman–Crippen MR) is 67.1 cm³/mol. The minimum atomic E-state index is -0.136. The van der Waals surface area contributed by atoms with E-state index in [2.05, 4.69) is 22.9 Å². The molecule has 0 aliphatic carbocycles. The Hall–Kier alpha value is -0.370. The van der Waals surface area contributed by atoms with Crippen LogP contribution in [0.15, 0.2) is 18.2 Å². The zero-order chi connectivity index (χ0) is 11.3. The highest BCUT2D eigenvalue weighted by molar-refractivity contribution is 9.09. The van der Waals surface area contributed by atoms with Crippen LogP contribution in [0.5, 0.6) is 0 Å². The third-order valence-electron chi connectivity index (χ3n) is 2.71. The summed E-state index contributed by atoms with van der Waals surface area (Å²) in [7, 11) is 0. The van der Waals surface area contributed by atoms with Gasteiger partial charge in [0.1, 0.15) is 5.82 Å². The van der Waals surface area contributed by atoms with Crippen molar-refractivity contribution < 1.29 is 4.39 Å². The van der Waals surface area contributed by atoms with Gasteiger partial charge in [0.2, 0.25) is 0 Å². The molecule has 0 heterocycles. The van der Waals surface area contributed by atoms with Crippen LogP contribution in [0.25, 0.3) is 0 Å². The lowest BCUT2D eigenvalue weighted by Crippen LogP contribution is -1.97. The average Bonchev–Trinajstić information content (AvgIpc) is 2.21. The lowest BCUT2D eigenvalue weighted by molar-refractivity contribution is 0.624. The molecular formula is C13H18BrF.